The summed E-state index contributed by atoms with van der Waals surface area (Å²) in [6, 6.07) is 3.61. The molecular formula is C9H8N4S. The molecule has 0 atom stereocenters. The van der Waals surface area contributed by atoms with Gasteiger partial charge in [0.25, 0.3) is 0 Å². The van der Waals surface area contributed by atoms with Crippen LogP contribution in [0.4, 0.5) is 0 Å². The van der Waals surface area contributed by atoms with E-state index >= 15 is 0 Å². The summed E-state index contributed by atoms with van der Waals surface area (Å²) in [5.74, 6) is 0. The second-order valence-electron chi connectivity index (χ2n) is 2.51. The molecule has 1 aromatic heterocycles. The second kappa shape index (κ2) is 4.50. The Kier molecular flexibility index (Phi) is 3.33. The van der Waals surface area contributed by atoms with Crippen molar-refractivity contribution in [1.82, 2.24) is 9.55 Å². The Balaban J connectivity index is 3.12. The zero-order valence-electron chi connectivity index (χ0n) is 7.85. The van der Waals surface area contributed by atoms with Crippen LogP contribution in [0.5, 0.6) is 0 Å². The van der Waals surface area contributed by atoms with Crippen LogP contribution in [0.15, 0.2) is 16.9 Å². The van der Waals surface area contributed by atoms with Gasteiger partial charge in [-0.2, -0.15) is 10.5 Å². The third-order valence-electron chi connectivity index (χ3n) is 1.70. The molecule has 4 nitrogen and oxygen atoms in total. The lowest BCUT2D eigenvalue weighted by molar-refractivity contribution is 0.784. The van der Waals surface area contributed by atoms with Gasteiger partial charge in [0.05, 0.1) is 11.9 Å². The van der Waals surface area contributed by atoms with E-state index in [4.69, 9.17) is 10.5 Å². The molecule has 0 aliphatic carbocycles. The smallest absolute Gasteiger partial charge is 0.167 e. The van der Waals surface area contributed by atoms with Gasteiger partial charge in [-0.05, 0) is 12.3 Å². The molecule has 0 spiro atoms. The van der Waals surface area contributed by atoms with Gasteiger partial charge in [0.1, 0.15) is 17.7 Å². The van der Waals surface area contributed by atoms with E-state index in [9.17, 15) is 0 Å². The van der Waals surface area contributed by atoms with Crippen LogP contribution in [0.3, 0.4) is 0 Å². The van der Waals surface area contributed by atoms with Gasteiger partial charge < -0.3 is 4.57 Å². The van der Waals surface area contributed by atoms with E-state index in [1.165, 1.54) is 17.8 Å². The Morgan fingerprint density at radius 3 is 2.64 bits per heavy atom. The maximum absolute atomic E-state index is 8.57. The van der Waals surface area contributed by atoms with E-state index < -0.39 is 0 Å². The van der Waals surface area contributed by atoms with Gasteiger partial charge in [0.2, 0.25) is 0 Å². The van der Waals surface area contributed by atoms with Gasteiger partial charge in [-0.1, -0.05) is 11.8 Å². The summed E-state index contributed by atoms with van der Waals surface area (Å²) in [6.07, 6.45) is 5.08. The highest BCUT2D eigenvalue weighted by Crippen LogP contribution is 2.15. The van der Waals surface area contributed by atoms with Crippen molar-refractivity contribution in [2.45, 2.75) is 5.16 Å². The Bertz CT molecular complexity index is 428. The van der Waals surface area contributed by atoms with Gasteiger partial charge in [-0.3, -0.25) is 0 Å². The molecule has 0 aromatic carbocycles. The molecule has 0 fully saturated rings. The van der Waals surface area contributed by atoms with Crippen molar-refractivity contribution in [2.75, 3.05) is 6.26 Å². The van der Waals surface area contributed by atoms with Crippen molar-refractivity contribution >= 4 is 17.8 Å². The zero-order chi connectivity index (χ0) is 10.6. The average molecular weight is 204 g/mol. The molecule has 70 valence electrons. The summed E-state index contributed by atoms with van der Waals surface area (Å²) in [5, 5.41) is 18.0. The monoisotopic (exact) mass is 204 g/mol. The Labute approximate surface area is 86.5 Å². The third kappa shape index (κ3) is 1.95. The first-order valence-corrected chi connectivity index (χ1v) is 5.03. The summed E-state index contributed by atoms with van der Waals surface area (Å²) in [4.78, 5) is 4.12. The van der Waals surface area contributed by atoms with Crippen molar-refractivity contribution in [3.05, 3.63) is 17.5 Å². The van der Waals surface area contributed by atoms with Crippen LogP contribution >= 0.6 is 11.8 Å². The van der Waals surface area contributed by atoms with Crippen molar-refractivity contribution in [2.24, 2.45) is 7.05 Å². The van der Waals surface area contributed by atoms with E-state index in [-0.39, 0.29) is 5.57 Å². The molecule has 0 aliphatic heterocycles. The molecule has 1 aromatic rings. The van der Waals surface area contributed by atoms with Gasteiger partial charge in [-0.15, -0.1) is 0 Å². The number of rotatable bonds is 2. The Morgan fingerprint density at radius 1 is 1.57 bits per heavy atom. The quantitative estimate of drug-likeness (QED) is 0.541. The van der Waals surface area contributed by atoms with Crippen LogP contribution in [-0.4, -0.2) is 15.8 Å². The first kappa shape index (κ1) is 10.4. The SMILES string of the molecule is CSc1ncc(C=C(C#N)C#N)n1C. The molecule has 14 heavy (non-hydrogen) atoms. The van der Waals surface area contributed by atoms with Gasteiger partial charge in [0.15, 0.2) is 5.16 Å². The van der Waals surface area contributed by atoms with Crippen molar-refractivity contribution in [3.8, 4) is 12.1 Å². The Hall–Kier alpha value is -1.72. The standard InChI is InChI=1S/C9H8N4S/c1-13-8(3-7(4-10)5-11)6-12-9(13)14-2/h3,6H,1-2H3. The number of nitrogens with zero attached hydrogens (tertiary/aromatic N) is 4. The summed E-state index contributed by atoms with van der Waals surface area (Å²) >= 11 is 1.52. The first-order chi connectivity index (χ1) is 6.72. The fourth-order valence-electron chi connectivity index (χ4n) is 0.966. The van der Waals surface area contributed by atoms with E-state index in [2.05, 4.69) is 4.98 Å². The van der Waals surface area contributed by atoms with Gasteiger partial charge >= 0.3 is 0 Å². The maximum Gasteiger partial charge on any atom is 0.167 e. The van der Waals surface area contributed by atoms with Gasteiger partial charge in [0, 0.05) is 7.05 Å². The largest absolute Gasteiger partial charge is 0.323 e. The molecule has 0 saturated carbocycles. The predicted octanol–water partition coefficient (Wildman–Crippen LogP) is 1.57. The van der Waals surface area contributed by atoms with E-state index in [0.717, 1.165) is 10.9 Å². The Morgan fingerprint density at radius 2 is 2.21 bits per heavy atom. The molecule has 1 rings (SSSR count). The average Bonchev–Trinajstić information content (AvgIpc) is 2.56. The van der Waals surface area contributed by atoms with Gasteiger partial charge in [-0.25, -0.2) is 4.98 Å². The molecule has 0 N–H and O–H groups in total. The number of hydrogen-bond acceptors (Lipinski definition) is 4. The minimum absolute atomic E-state index is 0.0839. The van der Waals surface area contributed by atoms with E-state index in [1.807, 2.05) is 17.9 Å². The number of hydrogen-bond donors (Lipinski definition) is 0. The highest BCUT2D eigenvalue weighted by atomic mass is 32.2. The van der Waals surface area contributed by atoms with Crippen LogP contribution in [0.25, 0.3) is 6.08 Å². The van der Waals surface area contributed by atoms with Crippen LogP contribution in [0, 0.1) is 22.7 Å². The topological polar surface area (TPSA) is 65.4 Å². The highest BCUT2D eigenvalue weighted by molar-refractivity contribution is 7.98. The molecular weight excluding hydrogens is 196 g/mol. The fourth-order valence-corrected chi connectivity index (χ4v) is 1.50. The van der Waals surface area contributed by atoms with Crippen LogP contribution in [0.1, 0.15) is 5.69 Å². The summed E-state index contributed by atoms with van der Waals surface area (Å²) in [5.41, 5.74) is 0.841. The van der Waals surface area contributed by atoms with Crippen molar-refractivity contribution < 1.29 is 0 Å². The molecule has 0 saturated heterocycles. The van der Waals surface area contributed by atoms with Crippen LogP contribution < -0.4 is 0 Å². The molecule has 1 heterocycles. The lowest BCUT2D eigenvalue weighted by Gasteiger charge is -1.98. The fraction of sp³-hybridized carbons (Fsp3) is 0.222. The molecule has 0 radical (unpaired) electrons. The zero-order valence-corrected chi connectivity index (χ0v) is 8.67. The van der Waals surface area contributed by atoms with Crippen LogP contribution in [-0.2, 0) is 7.05 Å². The molecule has 0 amide bonds. The number of thioether (sulfide) groups is 1. The first-order valence-electron chi connectivity index (χ1n) is 3.80. The lowest BCUT2D eigenvalue weighted by Crippen LogP contribution is -1.93. The normalized spacial score (nSPS) is 8.86. The highest BCUT2D eigenvalue weighted by Gasteiger charge is 2.03. The third-order valence-corrected chi connectivity index (χ3v) is 2.44. The summed E-state index contributed by atoms with van der Waals surface area (Å²) in [7, 11) is 1.84. The maximum atomic E-state index is 8.57. The van der Waals surface area contributed by atoms with Crippen molar-refractivity contribution in [1.29, 1.82) is 10.5 Å². The minimum atomic E-state index is 0.0839. The van der Waals surface area contributed by atoms with Crippen LogP contribution in [0.2, 0.25) is 0 Å². The molecule has 0 bridgehead atoms. The summed E-state index contributed by atoms with van der Waals surface area (Å²) in [6.45, 7) is 0. The summed E-state index contributed by atoms with van der Waals surface area (Å²) < 4.78 is 1.83. The molecule has 0 aliphatic rings. The minimum Gasteiger partial charge on any atom is -0.323 e. The lowest BCUT2D eigenvalue weighted by atomic mass is 10.2. The van der Waals surface area contributed by atoms with E-state index in [1.54, 1.807) is 18.3 Å². The number of nitriles is 2. The predicted molar refractivity (Wildman–Crippen MR) is 54.2 cm³/mol. The molecule has 0 unspecified atom stereocenters. The van der Waals surface area contributed by atoms with Crippen molar-refractivity contribution in [3.63, 3.8) is 0 Å². The van der Waals surface area contributed by atoms with E-state index in [0.29, 0.717) is 0 Å². The number of imidazole rings is 1. The molecule has 5 heteroatoms. The number of allylic oxidation sites excluding steroid dienone is 1. The number of aromatic nitrogens is 2. The second-order valence-corrected chi connectivity index (χ2v) is 3.28.